The van der Waals surface area contributed by atoms with Crippen molar-refractivity contribution >= 4 is 11.5 Å². The summed E-state index contributed by atoms with van der Waals surface area (Å²) in [5, 5.41) is 0. The van der Waals surface area contributed by atoms with Crippen LogP contribution in [-0.4, -0.2) is 28.0 Å². The second kappa shape index (κ2) is 5.01. The summed E-state index contributed by atoms with van der Waals surface area (Å²) in [7, 11) is 1.36. The Balaban J connectivity index is 2.42. The smallest absolute Gasteiger partial charge is 0.358 e. The van der Waals surface area contributed by atoms with Crippen LogP contribution in [0.25, 0.3) is 5.52 Å². The first-order valence-corrected chi connectivity index (χ1v) is 6.25. The molecule has 2 aromatic heterocycles. The van der Waals surface area contributed by atoms with Crippen molar-refractivity contribution in [2.75, 3.05) is 7.11 Å². The van der Waals surface area contributed by atoms with Crippen molar-refractivity contribution in [3.05, 3.63) is 35.9 Å². The second-order valence-electron chi connectivity index (χ2n) is 5.31. The van der Waals surface area contributed by atoms with Crippen molar-refractivity contribution in [1.29, 1.82) is 0 Å². The van der Waals surface area contributed by atoms with Crippen LogP contribution in [-0.2, 0) is 11.2 Å². The van der Waals surface area contributed by atoms with Crippen LogP contribution in [0.3, 0.4) is 0 Å². The van der Waals surface area contributed by atoms with Gasteiger partial charge in [0.25, 0.3) is 0 Å². The number of pyridine rings is 1. The van der Waals surface area contributed by atoms with Crippen LogP contribution in [0.15, 0.2) is 24.4 Å². The summed E-state index contributed by atoms with van der Waals surface area (Å²) in [4.78, 5) is 16.1. The molecular weight excluding hydrogens is 242 g/mol. The zero-order chi connectivity index (χ0) is 14.0. The van der Waals surface area contributed by atoms with Gasteiger partial charge in [-0.25, -0.2) is 9.78 Å². The minimum atomic E-state index is -0.415. The number of fused-ring (bicyclic) bond motifs is 1. The van der Waals surface area contributed by atoms with Crippen LogP contribution in [0, 0.1) is 0 Å². The number of carbonyl (C=O) groups is 1. The van der Waals surface area contributed by atoms with E-state index in [0.717, 1.165) is 17.8 Å². The Labute approximate surface area is 112 Å². The Morgan fingerprint density at radius 3 is 2.84 bits per heavy atom. The van der Waals surface area contributed by atoms with Crippen LogP contribution < -0.4 is 5.73 Å². The molecule has 5 nitrogen and oxygen atoms in total. The van der Waals surface area contributed by atoms with Crippen LogP contribution in [0.1, 0.15) is 36.6 Å². The molecular formula is C14H19N3O2. The molecule has 2 N–H and O–H groups in total. The lowest BCUT2D eigenvalue weighted by molar-refractivity contribution is 0.0597. The van der Waals surface area contributed by atoms with Crippen molar-refractivity contribution in [3.63, 3.8) is 0 Å². The van der Waals surface area contributed by atoms with E-state index >= 15 is 0 Å². The summed E-state index contributed by atoms with van der Waals surface area (Å²) in [5.41, 5.74) is 6.85. The van der Waals surface area contributed by atoms with Crippen molar-refractivity contribution in [1.82, 2.24) is 9.38 Å². The highest BCUT2D eigenvalue weighted by Gasteiger charge is 2.19. The summed E-state index contributed by atoms with van der Waals surface area (Å²) in [5.74, 6) is 0.413. The highest BCUT2D eigenvalue weighted by Crippen LogP contribution is 2.17. The van der Waals surface area contributed by atoms with Gasteiger partial charge in [0.15, 0.2) is 5.69 Å². The topological polar surface area (TPSA) is 69.6 Å². The lowest BCUT2D eigenvalue weighted by atomic mass is 10.00. The normalized spacial score (nSPS) is 11.8. The molecule has 2 heterocycles. The number of nitrogens with two attached hydrogens (primary N) is 1. The molecule has 0 saturated heterocycles. The highest BCUT2D eigenvalue weighted by molar-refractivity contribution is 5.95. The first kappa shape index (κ1) is 13.5. The Morgan fingerprint density at radius 2 is 2.21 bits per heavy atom. The van der Waals surface area contributed by atoms with Gasteiger partial charge in [0, 0.05) is 18.2 Å². The van der Waals surface area contributed by atoms with Crippen LogP contribution >= 0.6 is 0 Å². The lowest BCUT2D eigenvalue weighted by Gasteiger charge is -2.17. The number of aromatic nitrogens is 2. The van der Waals surface area contributed by atoms with Gasteiger partial charge in [-0.1, -0.05) is 6.07 Å². The molecule has 102 valence electrons. The number of rotatable bonds is 4. The van der Waals surface area contributed by atoms with Gasteiger partial charge in [-0.05, 0) is 32.4 Å². The number of esters is 1. The van der Waals surface area contributed by atoms with Crippen LogP contribution in [0.2, 0.25) is 0 Å². The predicted octanol–water partition coefficient (Wildman–Crippen LogP) is 1.79. The third kappa shape index (κ3) is 2.93. The van der Waals surface area contributed by atoms with E-state index in [1.54, 1.807) is 0 Å². The van der Waals surface area contributed by atoms with E-state index < -0.39 is 5.97 Å². The van der Waals surface area contributed by atoms with Gasteiger partial charge in [-0.3, -0.25) is 0 Å². The summed E-state index contributed by atoms with van der Waals surface area (Å²) >= 11 is 0. The fraction of sp³-hybridized carbons (Fsp3) is 0.429. The first-order chi connectivity index (χ1) is 8.92. The molecule has 2 aromatic rings. The van der Waals surface area contributed by atoms with Gasteiger partial charge in [0.05, 0.1) is 12.6 Å². The van der Waals surface area contributed by atoms with E-state index in [-0.39, 0.29) is 5.54 Å². The van der Waals surface area contributed by atoms with E-state index in [2.05, 4.69) is 4.98 Å². The molecule has 0 radical (unpaired) electrons. The number of carbonyl (C=O) groups excluding carboxylic acids is 1. The van der Waals surface area contributed by atoms with Gasteiger partial charge < -0.3 is 14.9 Å². The molecule has 0 amide bonds. The van der Waals surface area contributed by atoms with Crippen molar-refractivity contribution in [3.8, 4) is 0 Å². The van der Waals surface area contributed by atoms with Crippen LogP contribution in [0.5, 0.6) is 0 Å². The summed E-state index contributed by atoms with van der Waals surface area (Å²) in [6, 6.07) is 5.64. The average Bonchev–Trinajstić information content (AvgIpc) is 2.74. The monoisotopic (exact) mass is 261 g/mol. The van der Waals surface area contributed by atoms with Crippen molar-refractivity contribution < 1.29 is 9.53 Å². The molecule has 0 spiro atoms. The minimum absolute atomic E-state index is 0.258. The molecule has 19 heavy (non-hydrogen) atoms. The molecule has 5 heteroatoms. The van der Waals surface area contributed by atoms with Gasteiger partial charge in [-0.2, -0.15) is 0 Å². The van der Waals surface area contributed by atoms with E-state index in [4.69, 9.17) is 10.5 Å². The van der Waals surface area contributed by atoms with E-state index in [1.165, 1.54) is 7.11 Å². The first-order valence-electron chi connectivity index (χ1n) is 6.25. The standard InChI is InChI=1S/C14H19N3O2/c1-14(2,15)8-7-11-16-12(13(18)19-3)10-6-4-5-9-17(10)11/h4-6,9H,7-8,15H2,1-3H3. The Bertz CT molecular complexity index is 596. The minimum Gasteiger partial charge on any atom is -0.464 e. The van der Waals surface area contributed by atoms with E-state index in [9.17, 15) is 4.79 Å². The van der Waals surface area contributed by atoms with Gasteiger partial charge in [0.1, 0.15) is 5.82 Å². The van der Waals surface area contributed by atoms with Crippen molar-refractivity contribution in [2.24, 2.45) is 5.73 Å². The number of methoxy groups -OCH3 is 1. The Hall–Kier alpha value is -1.88. The largest absolute Gasteiger partial charge is 0.464 e. The van der Waals surface area contributed by atoms with Crippen LogP contribution in [0.4, 0.5) is 0 Å². The average molecular weight is 261 g/mol. The van der Waals surface area contributed by atoms with E-state index in [0.29, 0.717) is 12.1 Å². The maximum Gasteiger partial charge on any atom is 0.358 e. The molecule has 0 saturated carbocycles. The molecule has 0 atom stereocenters. The zero-order valence-electron chi connectivity index (χ0n) is 11.5. The lowest BCUT2D eigenvalue weighted by Crippen LogP contribution is -2.32. The Morgan fingerprint density at radius 1 is 1.47 bits per heavy atom. The van der Waals surface area contributed by atoms with Gasteiger partial charge in [0.2, 0.25) is 0 Å². The maximum atomic E-state index is 11.7. The predicted molar refractivity (Wildman–Crippen MR) is 73.1 cm³/mol. The molecule has 0 unspecified atom stereocenters. The number of aryl methyl sites for hydroxylation is 1. The fourth-order valence-electron chi connectivity index (χ4n) is 1.96. The highest BCUT2D eigenvalue weighted by atomic mass is 16.5. The van der Waals surface area contributed by atoms with E-state index in [1.807, 2.05) is 42.6 Å². The molecule has 0 fully saturated rings. The zero-order valence-corrected chi connectivity index (χ0v) is 11.5. The summed E-state index contributed by atoms with van der Waals surface area (Å²) in [6.45, 7) is 3.95. The second-order valence-corrected chi connectivity index (χ2v) is 5.31. The molecule has 0 aliphatic rings. The fourth-order valence-corrected chi connectivity index (χ4v) is 1.96. The Kier molecular flexibility index (Phi) is 3.57. The number of imidazole rings is 1. The molecule has 2 rings (SSSR count). The molecule has 0 aliphatic heterocycles. The number of ether oxygens (including phenoxy) is 1. The quantitative estimate of drug-likeness (QED) is 0.852. The SMILES string of the molecule is COC(=O)c1nc(CCC(C)(C)N)n2ccccc12. The number of hydrogen-bond acceptors (Lipinski definition) is 4. The van der Waals surface area contributed by atoms with Gasteiger partial charge >= 0.3 is 5.97 Å². The molecule has 0 aromatic carbocycles. The number of nitrogens with zero attached hydrogens (tertiary/aromatic N) is 2. The number of hydrogen-bond donors (Lipinski definition) is 1. The molecule has 0 bridgehead atoms. The third-order valence-corrected chi connectivity index (χ3v) is 2.99. The maximum absolute atomic E-state index is 11.7. The summed E-state index contributed by atoms with van der Waals surface area (Å²) in [6.07, 6.45) is 3.40. The molecule has 0 aliphatic carbocycles. The van der Waals surface area contributed by atoms with Gasteiger partial charge in [-0.15, -0.1) is 0 Å². The summed E-state index contributed by atoms with van der Waals surface area (Å²) < 4.78 is 6.68. The van der Waals surface area contributed by atoms with Crippen molar-refractivity contribution in [2.45, 2.75) is 32.2 Å². The third-order valence-electron chi connectivity index (χ3n) is 2.99.